The predicted octanol–water partition coefficient (Wildman–Crippen LogP) is 6.36. The Morgan fingerprint density at radius 2 is 1.91 bits per heavy atom. The third kappa shape index (κ3) is 4.71. The number of amides is 1. The van der Waals surface area contributed by atoms with Crippen LogP contribution in [0.3, 0.4) is 0 Å². The first-order valence-corrected chi connectivity index (χ1v) is 13.4. The molecule has 0 aromatic carbocycles. The number of allylic oxidation sites excluding steroid dienone is 1. The van der Waals surface area contributed by atoms with E-state index in [4.69, 9.17) is 5.53 Å². The van der Waals surface area contributed by atoms with Gasteiger partial charge in [0.15, 0.2) is 0 Å². The normalized spacial score (nSPS) is 43.2. The molecule has 4 aliphatic rings. The number of aliphatic hydroxyl groups is 1. The van der Waals surface area contributed by atoms with Crippen molar-refractivity contribution in [3.05, 3.63) is 22.6 Å². The quantitative estimate of drug-likeness (QED) is 0.201. The molecule has 1 amide bonds. The second-order valence-corrected chi connectivity index (χ2v) is 12.2. The van der Waals surface area contributed by atoms with E-state index < -0.39 is 0 Å². The number of carbonyl (C=O) groups excluding carboxylic acids is 1. The van der Waals surface area contributed by atoms with E-state index in [0.29, 0.717) is 16.7 Å². The van der Waals surface area contributed by atoms with E-state index in [1.54, 1.807) is 6.08 Å². The van der Waals surface area contributed by atoms with Crippen LogP contribution >= 0.6 is 0 Å². The lowest BCUT2D eigenvalue weighted by molar-refractivity contribution is -0.129. The lowest BCUT2D eigenvalue weighted by atomic mass is 9.44. The van der Waals surface area contributed by atoms with Crippen molar-refractivity contribution in [1.29, 1.82) is 0 Å². The number of aliphatic hydroxyl groups excluding tert-OH is 1. The molecule has 33 heavy (non-hydrogen) atoms. The van der Waals surface area contributed by atoms with Crippen molar-refractivity contribution in [2.75, 3.05) is 6.67 Å². The van der Waals surface area contributed by atoms with Crippen LogP contribution in [0, 0.1) is 46.3 Å². The van der Waals surface area contributed by atoms with Crippen LogP contribution < -0.4 is 5.32 Å². The van der Waals surface area contributed by atoms with E-state index in [9.17, 15) is 9.90 Å². The van der Waals surface area contributed by atoms with Gasteiger partial charge in [0.25, 0.3) is 0 Å². The average Bonchev–Trinajstić information content (AvgIpc) is 3.14. The summed E-state index contributed by atoms with van der Waals surface area (Å²) in [5.74, 6) is 4.62. The Hall–Kier alpha value is -1.52. The van der Waals surface area contributed by atoms with Crippen LogP contribution in [0.5, 0.6) is 0 Å². The maximum absolute atomic E-state index is 11.7. The number of nitrogens with one attached hydrogen (secondary N) is 1. The number of carbonyl (C=O) groups is 1. The third-order valence-corrected chi connectivity index (χ3v) is 10.8. The summed E-state index contributed by atoms with van der Waals surface area (Å²) in [6.45, 7) is 7.62. The number of fused-ring (bicyclic) bond motifs is 5. The molecule has 0 saturated heterocycles. The maximum atomic E-state index is 11.7. The Morgan fingerprint density at radius 1 is 1.15 bits per heavy atom. The largest absolute Gasteiger partial charge is 0.393 e. The fourth-order valence-electron chi connectivity index (χ4n) is 9.17. The molecule has 184 valence electrons. The van der Waals surface area contributed by atoms with Gasteiger partial charge in [-0.15, -0.1) is 0 Å². The summed E-state index contributed by atoms with van der Waals surface area (Å²) >= 11 is 0. The number of hydrogen-bond acceptors (Lipinski definition) is 3. The molecule has 0 aromatic rings. The first kappa shape index (κ1) is 24.6. The molecule has 0 heterocycles. The summed E-state index contributed by atoms with van der Waals surface area (Å²) in [4.78, 5) is 14.4. The van der Waals surface area contributed by atoms with Gasteiger partial charge in [-0.1, -0.05) is 32.0 Å². The molecule has 6 heteroatoms. The highest BCUT2D eigenvalue weighted by Gasteiger charge is 2.60. The van der Waals surface area contributed by atoms with Gasteiger partial charge in [0, 0.05) is 4.91 Å². The van der Waals surface area contributed by atoms with Crippen LogP contribution in [0.15, 0.2) is 17.3 Å². The standard InChI is InChI=1S/C27H44N4O2/c1-18(6-4-5-7-25(33)29-17-30-31-28)22-10-11-23-21-9-8-19-16-20(32)12-14-26(19,2)24(21)13-15-27(22,23)3/h5,7,18-24,32H,4,6,8-17H2,1-3H3,(H,29,33)/b7-5+. The zero-order valence-corrected chi connectivity index (χ0v) is 20.9. The maximum Gasteiger partial charge on any atom is 0.243 e. The highest BCUT2D eigenvalue weighted by molar-refractivity contribution is 5.87. The summed E-state index contributed by atoms with van der Waals surface area (Å²) < 4.78 is 0. The summed E-state index contributed by atoms with van der Waals surface area (Å²) in [7, 11) is 0. The monoisotopic (exact) mass is 456 g/mol. The highest BCUT2D eigenvalue weighted by Crippen LogP contribution is 2.68. The van der Waals surface area contributed by atoms with Gasteiger partial charge in [0.05, 0.1) is 12.8 Å². The molecule has 4 saturated carbocycles. The fourth-order valence-corrected chi connectivity index (χ4v) is 9.17. The molecule has 0 aromatic heterocycles. The summed E-state index contributed by atoms with van der Waals surface area (Å²) in [5.41, 5.74) is 9.20. The van der Waals surface area contributed by atoms with Crippen molar-refractivity contribution in [2.45, 2.75) is 97.5 Å². The summed E-state index contributed by atoms with van der Waals surface area (Å²) in [5, 5.41) is 16.2. The average molecular weight is 457 g/mol. The van der Waals surface area contributed by atoms with Crippen molar-refractivity contribution >= 4 is 5.91 Å². The lowest BCUT2D eigenvalue weighted by Gasteiger charge is -2.61. The van der Waals surface area contributed by atoms with Gasteiger partial charge in [-0.2, -0.15) is 0 Å². The number of nitrogens with zero attached hydrogens (tertiary/aromatic N) is 3. The van der Waals surface area contributed by atoms with Crippen molar-refractivity contribution in [3.63, 3.8) is 0 Å². The third-order valence-electron chi connectivity index (χ3n) is 10.8. The summed E-state index contributed by atoms with van der Waals surface area (Å²) in [6, 6.07) is 0. The number of rotatable bonds is 7. The molecule has 2 N–H and O–H groups in total. The topological polar surface area (TPSA) is 98.1 Å². The minimum Gasteiger partial charge on any atom is -0.393 e. The van der Waals surface area contributed by atoms with Crippen LogP contribution in [0.2, 0.25) is 0 Å². The fraction of sp³-hybridized carbons (Fsp3) is 0.889. The molecule has 0 spiro atoms. The minimum atomic E-state index is -0.194. The van der Waals surface area contributed by atoms with Gasteiger partial charge in [-0.05, 0) is 129 Å². The zero-order valence-electron chi connectivity index (χ0n) is 20.9. The molecule has 9 unspecified atom stereocenters. The van der Waals surface area contributed by atoms with Gasteiger partial charge in [-0.25, -0.2) is 0 Å². The van der Waals surface area contributed by atoms with Crippen LogP contribution in [0.1, 0.15) is 91.4 Å². The second-order valence-electron chi connectivity index (χ2n) is 12.2. The molecule has 0 bridgehead atoms. The van der Waals surface area contributed by atoms with E-state index in [2.05, 4.69) is 36.1 Å². The number of hydrogen-bond donors (Lipinski definition) is 2. The Kier molecular flexibility index (Phi) is 7.45. The molecular formula is C27H44N4O2. The Morgan fingerprint density at radius 3 is 2.70 bits per heavy atom. The summed E-state index contributed by atoms with van der Waals surface area (Å²) in [6.07, 6.45) is 17.0. The first-order valence-electron chi connectivity index (χ1n) is 13.4. The Bertz CT molecular complexity index is 793. The van der Waals surface area contributed by atoms with Crippen LogP contribution in [-0.2, 0) is 4.79 Å². The molecule has 4 rings (SSSR count). The van der Waals surface area contributed by atoms with E-state index in [1.165, 1.54) is 44.9 Å². The van der Waals surface area contributed by atoms with Crippen molar-refractivity contribution < 1.29 is 9.90 Å². The van der Waals surface area contributed by atoms with Gasteiger partial charge < -0.3 is 10.4 Å². The molecular weight excluding hydrogens is 412 g/mol. The van der Waals surface area contributed by atoms with E-state index in [0.717, 1.165) is 55.3 Å². The van der Waals surface area contributed by atoms with Gasteiger partial charge in [0.2, 0.25) is 5.91 Å². The zero-order chi connectivity index (χ0) is 23.6. The number of azide groups is 1. The van der Waals surface area contributed by atoms with Crippen LogP contribution in [-0.4, -0.2) is 23.8 Å². The predicted molar refractivity (Wildman–Crippen MR) is 131 cm³/mol. The van der Waals surface area contributed by atoms with E-state index in [1.807, 2.05) is 6.08 Å². The molecule has 9 atom stereocenters. The Labute approximate surface area is 199 Å². The van der Waals surface area contributed by atoms with Gasteiger partial charge in [0.1, 0.15) is 0 Å². The SMILES string of the molecule is CC(CC/C=C/C(=O)NCN=[N+]=[N-])C1CCC2C3CCC4CC(O)CCC4(C)C3CCC12C. The van der Waals surface area contributed by atoms with Crippen LogP contribution in [0.25, 0.3) is 10.4 Å². The minimum absolute atomic E-state index is 0.000424. The highest BCUT2D eigenvalue weighted by atomic mass is 16.3. The molecule has 6 nitrogen and oxygen atoms in total. The molecule has 0 radical (unpaired) electrons. The molecule has 4 aliphatic carbocycles. The second kappa shape index (κ2) is 10.00. The molecule has 0 aliphatic heterocycles. The van der Waals surface area contributed by atoms with Gasteiger partial charge >= 0.3 is 0 Å². The lowest BCUT2D eigenvalue weighted by Crippen LogP contribution is -2.54. The van der Waals surface area contributed by atoms with Crippen molar-refractivity contribution in [2.24, 2.45) is 51.5 Å². The van der Waals surface area contributed by atoms with E-state index in [-0.39, 0.29) is 18.7 Å². The van der Waals surface area contributed by atoms with Gasteiger partial charge in [-0.3, -0.25) is 4.79 Å². The smallest absolute Gasteiger partial charge is 0.243 e. The molecule has 4 fully saturated rings. The van der Waals surface area contributed by atoms with Crippen molar-refractivity contribution in [3.8, 4) is 0 Å². The first-order chi connectivity index (χ1) is 15.8. The van der Waals surface area contributed by atoms with Crippen LogP contribution in [0.4, 0.5) is 0 Å². The van der Waals surface area contributed by atoms with Crippen molar-refractivity contribution in [1.82, 2.24) is 5.32 Å². The van der Waals surface area contributed by atoms with E-state index >= 15 is 0 Å². The Balaban J connectivity index is 1.35.